The molecular weight excluding hydrogens is 330 g/mol. The highest BCUT2D eigenvalue weighted by Crippen LogP contribution is 2.27. The maximum atomic E-state index is 12.6. The summed E-state index contributed by atoms with van der Waals surface area (Å²) in [6, 6.07) is 14.1. The lowest BCUT2D eigenvalue weighted by Crippen LogP contribution is -2.04. The maximum Gasteiger partial charge on any atom is 0.213 e. The highest BCUT2D eigenvalue weighted by Gasteiger charge is 2.19. The molecule has 6 heteroatoms. The lowest BCUT2D eigenvalue weighted by Gasteiger charge is -2.09. The minimum absolute atomic E-state index is 0.261. The quantitative estimate of drug-likeness (QED) is 0.852. The molecule has 0 amide bonds. The summed E-state index contributed by atoms with van der Waals surface area (Å²) in [7, 11) is -1.91. The highest BCUT2D eigenvalue weighted by molar-refractivity contribution is 8.18. The third-order valence-corrected chi connectivity index (χ3v) is 6.46. The molecule has 0 spiro atoms. The summed E-state index contributed by atoms with van der Waals surface area (Å²) >= 11 is 1.19. The molecule has 4 nitrogen and oxygen atoms in total. The van der Waals surface area contributed by atoms with Gasteiger partial charge >= 0.3 is 0 Å². The van der Waals surface area contributed by atoms with Crippen molar-refractivity contribution in [3.63, 3.8) is 0 Å². The van der Waals surface area contributed by atoms with Gasteiger partial charge in [0.15, 0.2) is 0 Å². The fourth-order valence-electron chi connectivity index (χ4n) is 1.91. The summed E-state index contributed by atoms with van der Waals surface area (Å²) in [6.07, 6.45) is 3.26. The van der Waals surface area contributed by atoms with Crippen molar-refractivity contribution in [1.82, 2.24) is 0 Å². The molecule has 0 saturated heterocycles. The van der Waals surface area contributed by atoms with Gasteiger partial charge in [0.1, 0.15) is 9.99 Å². The van der Waals surface area contributed by atoms with Crippen LogP contribution in [0.2, 0.25) is 0 Å². The first-order chi connectivity index (χ1) is 11.0. The van der Waals surface area contributed by atoms with E-state index in [1.807, 2.05) is 31.2 Å². The Bertz CT molecular complexity index is 780. The third-order valence-electron chi connectivity index (χ3n) is 3.24. The van der Waals surface area contributed by atoms with Gasteiger partial charge < -0.3 is 10.1 Å². The van der Waals surface area contributed by atoms with Crippen LogP contribution in [-0.4, -0.2) is 21.8 Å². The lowest BCUT2D eigenvalue weighted by molar-refractivity contribution is 0.415. The van der Waals surface area contributed by atoms with E-state index in [4.69, 9.17) is 4.74 Å². The molecule has 23 heavy (non-hydrogen) atoms. The number of anilines is 1. The van der Waals surface area contributed by atoms with Crippen molar-refractivity contribution in [2.45, 2.75) is 11.8 Å². The molecule has 0 aliphatic carbocycles. The third kappa shape index (κ3) is 4.30. The van der Waals surface area contributed by atoms with Crippen molar-refractivity contribution < 1.29 is 13.2 Å². The van der Waals surface area contributed by atoms with Crippen molar-refractivity contribution in [2.75, 3.05) is 18.7 Å². The van der Waals surface area contributed by atoms with Crippen LogP contribution in [0.1, 0.15) is 5.56 Å². The monoisotopic (exact) mass is 349 g/mol. The number of thioether (sulfide) groups is 1. The van der Waals surface area contributed by atoms with E-state index in [0.717, 1.165) is 17.0 Å². The second kappa shape index (κ2) is 7.57. The first kappa shape index (κ1) is 17.4. The zero-order valence-corrected chi connectivity index (χ0v) is 14.9. The van der Waals surface area contributed by atoms with Gasteiger partial charge in [0, 0.05) is 11.9 Å². The lowest BCUT2D eigenvalue weighted by atomic mass is 10.2. The van der Waals surface area contributed by atoms with Gasteiger partial charge in [0.2, 0.25) is 9.84 Å². The minimum Gasteiger partial charge on any atom is -0.497 e. The summed E-state index contributed by atoms with van der Waals surface area (Å²) in [5.41, 5.74) is 1.81. The number of sulfone groups is 1. The van der Waals surface area contributed by atoms with E-state index < -0.39 is 9.84 Å². The van der Waals surface area contributed by atoms with Gasteiger partial charge in [0.05, 0.1) is 12.0 Å². The summed E-state index contributed by atoms with van der Waals surface area (Å²) in [6.45, 7) is 1.92. The number of hydrogen-bond acceptors (Lipinski definition) is 5. The normalized spacial score (nSPS) is 12.0. The largest absolute Gasteiger partial charge is 0.497 e. The molecule has 0 heterocycles. The molecule has 2 aromatic carbocycles. The Labute approximate surface area is 141 Å². The molecule has 2 aromatic rings. The zero-order chi connectivity index (χ0) is 16.9. The van der Waals surface area contributed by atoms with Crippen LogP contribution in [0, 0.1) is 6.92 Å². The van der Waals surface area contributed by atoms with Crippen LogP contribution < -0.4 is 10.1 Å². The van der Waals surface area contributed by atoms with Crippen molar-refractivity contribution in [1.29, 1.82) is 0 Å². The minimum atomic E-state index is -3.51. The second-order valence-corrected chi connectivity index (χ2v) is 7.88. The first-order valence-electron chi connectivity index (χ1n) is 6.94. The molecule has 0 aromatic heterocycles. The van der Waals surface area contributed by atoms with Crippen LogP contribution in [0.3, 0.4) is 0 Å². The summed E-state index contributed by atoms with van der Waals surface area (Å²) in [4.78, 5) is 0.292. The van der Waals surface area contributed by atoms with E-state index in [1.54, 1.807) is 37.6 Å². The van der Waals surface area contributed by atoms with Gasteiger partial charge in [-0.1, -0.05) is 17.7 Å². The highest BCUT2D eigenvalue weighted by atomic mass is 32.3. The van der Waals surface area contributed by atoms with Crippen LogP contribution in [0.15, 0.2) is 63.9 Å². The van der Waals surface area contributed by atoms with E-state index in [0.29, 0.717) is 4.90 Å². The first-order valence-corrected chi connectivity index (χ1v) is 9.64. The number of rotatable bonds is 6. The van der Waals surface area contributed by atoms with E-state index in [9.17, 15) is 8.42 Å². The van der Waals surface area contributed by atoms with Crippen LogP contribution in [0.4, 0.5) is 5.69 Å². The van der Waals surface area contributed by atoms with E-state index in [-0.39, 0.29) is 4.24 Å². The summed E-state index contributed by atoms with van der Waals surface area (Å²) in [5, 5.41) is 3.02. The molecule has 0 atom stereocenters. The van der Waals surface area contributed by atoms with Crippen molar-refractivity contribution in [3.8, 4) is 5.75 Å². The van der Waals surface area contributed by atoms with Gasteiger partial charge in [-0.15, -0.1) is 11.8 Å². The Morgan fingerprint density at radius 2 is 1.70 bits per heavy atom. The van der Waals surface area contributed by atoms with Crippen molar-refractivity contribution >= 4 is 27.3 Å². The van der Waals surface area contributed by atoms with E-state index in [2.05, 4.69) is 5.32 Å². The van der Waals surface area contributed by atoms with E-state index in [1.165, 1.54) is 18.0 Å². The smallest absolute Gasteiger partial charge is 0.213 e. The van der Waals surface area contributed by atoms with Crippen molar-refractivity contribution in [2.24, 2.45) is 0 Å². The number of benzene rings is 2. The molecule has 0 aliphatic rings. The number of methoxy groups -OCH3 is 1. The van der Waals surface area contributed by atoms with Gasteiger partial charge in [0.25, 0.3) is 0 Å². The Kier molecular flexibility index (Phi) is 5.74. The molecular formula is C17H19NO3S2. The molecule has 0 saturated carbocycles. The number of aryl methyl sites for hydroxylation is 1. The average molecular weight is 349 g/mol. The molecule has 0 fully saturated rings. The Morgan fingerprint density at radius 1 is 1.09 bits per heavy atom. The molecule has 1 N–H and O–H groups in total. The fraction of sp³-hybridized carbons (Fsp3) is 0.176. The summed E-state index contributed by atoms with van der Waals surface area (Å²) in [5.74, 6) is 0.747. The molecule has 0 aliphatic heterocycles. The van der Waals surface area contributed by atoms with Crippen LogP contribution in [0.5, 0.6) is 5.75 Å². The molecule has 2 rings (SSSR count). The van der Waals surface area contributed by atoms with Crippen LogP contribution in [-0.2, 0) is 9.84 Å². The number of hydrogen-bond donors (Lipinski definition) is 1. The second-order valence-electron chi connectivity index (χ2n) is 4.86. The van der Waals surface area contributed by atoms with Gasteiger partial charge in [-0.25, -0.2) is 8.42 Å². The van der Waals surface area contributed by atoms with Crippen LogP contribution >= 0.6 is 11.8 Å². The van der Waals surface area contributed by atoms with Gasteiger partial charge in [-0.05, 0) is 49.6 Å². The van der Waals surface area contributed by atoms with E-state index >= 15 is 0 Å². The Morgan fingerprint density at radius 3 is 2.22 bits per heavy atom. The molecule has 0 radical (unpaired) electrons. The zero-order valence-electron chi connectivity index (χ0n) is 13.2. The molecule has 122 valence electrons. The maximum absolute atomic E-state index is 12.6. The summed E-state index contributed by atoms with van der Waals surface area (Å²) < 4.78 is 30.7. The standard InChI is InChI=1S/C17H19NO3S2/c1-13-4-10-16(11-5-13)23(19,20)17(22-3)12-18-14-6-8-15(21-2)9-7-14/h4-12,18H,1-3H3/b17-12+. The Balaban J connectivity index is 2.24. The van der Waals surface area contributed by atoms with Crippen LogP contribution in [0.25, 0.3) is 0 Å². The SMILES string of the molecule is COc1ccc(N/C=C(\SC)S(=O)(=O)c2ccc(C)cc2)cc1. The van der Waals surface area contributed by atoms with Gasteiger partial charge in [-0.3, -0.25) is 0 Å². The Hall–Kier alpha value is -1.92. The number of ether oxygens (including phenoxy) is 1. The topological polar surface area (TPSA) is 55.4 Å². The predicted octanol–water partition coefficient (Wildman–Crippen LogP) is 4.05. The molecule has 0 bridgehead atoms. The van der Waals surface area contributed by atoms with Crippen molar-refractivity contribution in [3.05, 3.63) is 64.5 Å². The average Bonchev–Trinajstić information content (AvgIpc) is 2.56. The predicted molar refractivity (Wildman–Crippen MR) is 96.6 cm³/mol. The molecule has 0 unspecified atom stereocenters. The number of nitrogens with one attached hydrogen (secondary N) is 1. The fourth-order valence-corrected chi connectivity index (χ4v) is 4.19. The van der Waals surface area contributed by atoms with Gasteiger partial charge in [-0.2, -0.15) is 0 Å².